The predicted molar refractivity (Wildman–Crippen MR) is 62.4 cm³/mol. The van der Waals surface area contributed by atoms with Crippen LogP contribution in [-0.2, 0) is 12.8 Å². The molecular formula is C11H11ClN2S. The average molecular weight is 239 g/mol. The number of halogens is 1. The van der Waals surface area contributed by atoms with Crippen LogP contribution in [0.5, 0.6) is 0 Å². The fraction of sp³-hybridized carbons (Fsp3) is 0.455. The molecule has 1 aliphatic rings. The quantitative estimate of drug-likeness (QED) is 0.600. The third-order valence-electron chi connectivity index (χ3n) is 2.45. The standard InChI is InChI=1S/C11H11ClN2S/c12-4-5-15-11-9(7-13)6-8-2-1-3-10(8)14-11/h6H,1-5H2. The van der Waals surface area contributed by atoms with Gasteiger partial charge in [0.05, 0.1) is 5.56 Å². The van der Waals surface area contributed by atoms with Crippen LogP contribution in [0.4, 0.5) is 0 Å². The molecule has 1 aliphatic carbocycles. The van der Waals surface area contributed by atoms with Crippen LogP contribution >= 0.6 is 23.4 Å². The first-order chi connectivity index (χ1) is 7.35. The summed E-state index contributed by atoms with van der Waals surface area (Å²) in [6.07, 6.45) is 3.28. The molecule has 15 heavy (non-hydrogen) atoms. The number of thioether (sulfide) groups is 1. The lowest BCUT2D eigenvalue weighted by Gasteiger charge is -2.05. The van der Waals surface area contributed by atoms with Crippen molar-refractivity contribution in [1.82, 2.24) is 4.98 Å². The average Bonchev–Trinajstić information content (AvgIpc) is 2.71. The molecule has 2 nitrogen and oxygen atoms in total. The number of fused-ring (bicyclic) bond motifs is 1. The first-order valence-corrected chi connectivity index (χ1v) is 6.49. The molecule has 0 atom stereocenters. The maximum atomic E-state index is 9.01. The molecule has 1 aromatic rings. The van der Waals surface area contributed by atoms with Gasteiger partial charge in [0, 0.05) is 17.3 Å². The molecule has 0 saturated carbocycles. The van der Waals surface area contributed by atoms with Crippen molar-refractivity contribution in [2.45, 2.75) is 24.3 Å². The Balaban J connectivity index is 2.32. The van der Waals surface area contributed by atoms with E-state index in [1.165, 1.54) is 11.3 Å². The summed E-state index contributed by atoms with van der Waals surface area (Å²) in [6.45, 7) is 0. The van der Waals surface area contributed by atoms with Gasteiger partial charge < -0.3 is 0 Å². The van der Waals surface area contributed by atoms with E-state index in [1.54, 1.807) is 11.8 Å². The van der Waals surface area contributed by atoms with Crippen LogP contribution in [0.1, 0.15) is 23.2 Å². The van der Waals surface area contributed by atoms with Crippen LogP contribution in [0.25, 0.3) is 0 Å². The van der Waals surface area contributed by atoms with Crippen LogP contribution in [0.3, 0.4) is 0 Å². The van der Waals surface area contributed by atoms with Gasteiger partial charge in [-0.15, -0.1) is 23.4 Å². The molecule has 4 heteroatoms. The molecular weight excluding hydrogens is 228 g/mol. The van der Waals surface area contributed by atoms with Crippen molar-refractivity contribution in [2.75, 3.05) is 11.6 Å². The van der Waals surface area contributed by atoms with Gasteiger partial charge in [-0.1, -0.05) is 0 Å². The number of alkyl halides is 1. The Morgan fingerprint density at radius 2 is 2.40 bits per heavy atom. The van der Waals surface area contributed by atoms with Crippen molar-refractivity contribution in [1.29, 1.82) is 5.26 Å². The smallest absolute Gasteiger partial charge is 0.114 e. The van der Waals surface area contributed by atoms with Gasteiger partial charge in [-0.3, -0.25) is 0 Å². The number of aromatic nitrogens is 1. The summed E-state index contributed by atoms with van der Waals surface area (Å²) in [6, 6.07) is 4.20. The number of hydrogen-bond donors (Lipinski definition) is 0. The fourth-order valence-electron chi connectivity index (χ4n) is 1.78. The van der Waals surface area contributed by atoms with E-state index >= 15 is 0 Å². The Kier molecular flexibility index (Phi) is 3.50. The second-order valence-electron chi connectivity index (χ2n) is 3.45. The van der Waals surface area contributed by atoms with E-state index in [0.717, 1.165) is 30.0 Å². The summed E-state index contributed by atoms with van der Waals surface area (Å²) >= 11 is 7.20. The molecule has 0 bridgehead atoms. The fourth-order valence-corrected chi connectivity index (χ4v) is 2.72. The molecule has 0 amide bonds. The van der Waals surface area contributed by atoms with Gasteiger partial charge in [-0.05, 0) is 30.9 Å². The zero-order valence-electron chi connectivity index (χ0n) is 8.29. The van der Waals surface area contributed by atoms with Gasteiger partial charge >= 0.3 is 0 Å². The molecule has 0 unspecified atom stereocenters. The molecule has 0 spiro atoms. The lowest BCUT2D eigenvalue weighted by atomic mass is 10.2. The van der Waals surface area contributed by atoms with Gasteiger partial charge in [0.1, 0.15) is 11.1 Å². The molecule has 0 fully saturated rings. The zero-order valence-corrected chi connectivity index (χ0v) is 9.87. The molecule has 0 N–H and O–H groups in total. The zero-order chi connectivity index (χ0) is 10.7. The number of nitriles is 1. The molecule has 1 aromatic heterocycles. The summed E-state index contributed by atoms with van der Waals surface area (Å²) in [5, 5.41) is 9.86. The summed E-state index contributed by atoms with van der Waals surface area (Å²) in [5.41, 5.74) is 3.12. The maximum absolute atomic E-state index is 9.01. The van der Waals surface area contributed by atoms with E-state index in [4.69, 9.17) is 16.9 Å². The second kappa shape index (κ2) is 4.87. The van der Waals surface area contributed by atoms with Gasteiger partial charge in [0.25, 0.3) is 0 Å². The van der Waals surface area contributed by atoms with E-state index in [0.29, 0.717) is 11.4 Å². The monoisotopic (exact) mass is 238 g/mol. The van der Waals surface area contributed by atoms with Crippen molar-refractivity contribution in [3.63, 3.8) is 0 Å². The van der Waals surface area contributed by atoms with Gasteiger partial charge in [-0.25, -0.2) is 4.98 Å². The van der Waals surface area contributed by atoms with E-state index in [-0.39, 0.29) is 0 Å². The Hall–Kier alpha value is -0.720. The summed E-state index contributed by atoms with van der Waals surface area (Å²) in [5.74, 6) is 1.40. The van der Waals surface area contributed by atoms with Crippen LogP contribution in [-0.4, -0.2) is 16.6 Å². The summed E-state index contributed by atoms with van der Waals surface area (Å²) in [4.78, 5) is 4.54. The third-order valence-corrected chi connectivity index (χ3v) is 3.86. The highest BCUT2D eigenvalue weighted by atomic mass is 35.5. The lowest BCUT2D eigenvalue weighted by Crippen LogP contribution is -1.95. The third kappa shape index (κ3) is 2.27. The molecule has 0 aliphatic heterocycles. The van der Waals surface area contributed by atoms with Crippen molar-refractivity contribution in [2.24, 2.45) is 0 Å². The van der Waals surface area contributed by atoms with Crippen LogP contribution in [0, 0.1) is 11.3 Å². The minimum absolute atomic E-state index is 0.592. The van der Waals surface area contributed by atoms with Crippen LogP contribution < -0.4 is 0 Å². The van der Waals surface area contributed by atoms with Crippen LogP contribution in [0.15, 0.2) is 11.1 Å². The maximum Gasteiger partial charge on any atom is 0.114 e. The van der Waals surface area contributed by atoms with Gasteiger partial charge in [0.15, 0.2) is 0 Å². The predicted octanol–water partition coefficient (Wildman–Crippen LogP) is 2.77. The largest absolute Gasteiger partial charge is 0.245 e. The number of rotatable bonds is 3. The Morgan fingerprint density at radius 1 is 1.53 bits per heavy atom. The first kappa shape index (κ1) is 10.8. The SMILES string of the molecule is N#Cc1cc2c(nc1SCCCl)CCC2. The number of hydrogen-bond acceptors (Lipinski definition) is 3. The Morgan fingerprint density at radius 3 is 3.13 bits per heavy atom. The van der Waals surface area contributed by atoms with E-state index in [2.05, 4.69) is 11.1 Å². The highest BCUT2D eigenvalue weighted by Gasteiger charge is 2.16. The Labute approximate surface area is 98.7 Å². The highest BCUT2D eigenvalue weighted by molar-refractivity contribution is 7.99. The van der Waals surface area contributed by atoms with E-state index in [1.807, 2.05) is 6.07 Å². The first-order valence-electron chi connectivity index (χ1n) is 4.97. The van der Waals surface area contributed by atoms with Crippen molar-refractivity contribution >= 4 is 23.4 Å². The van der Waals surface area contributed by atoms with Crippen molar-refractivity contribution in [3.8, 4) is 6.07 Å². The van der Waals surface area contributed by atoms with Crippen molar-refractivity contribution < 1.29 is 0 Å². The summed E-state index contributed by atoms with van der Waals surface area (Å²) in [7, 11) is 0. The van der Waals surface area contributed by atoms with Crippen molar-refractivity contribution in [3.05, 3.63) is 22.9 Å². The highest BCUT2D eigenvalue weighted by Crippen LogP contribution is 2.27. The summed E-state index contributed by atoms with van der Waals surface area (Å²) < 4.78 is 0. The molecule has 0 saturated heterocycles. The lowest BCUT2D eigenvalue weighted by molar-refractivity contribution is 0.891. The second-order valence-corrected chi connectivity index (χ2v) is 4.91. The molecule has 2 rings (SSSR count). The number of nitrogens with zero attached hydrogens (tertiary/aromatic N) is 2. The van der Waals surface area contributed by atoms with E-state index in [9.17, 15) is 0 Å². The van der Waals surface area contributed by atoms with Gasteiger partial charge in [0.2, 0.25) is 0 Å². The van der Waals surface area contributed by atoms with Crippen LogP contribution in [0.2, 0.25) is 0 Å². The number of aryl methyl sites for hydroxylation is 2. The molecule has 78 valence electrons. The molecule has 0 radical (unpaired) electrons. The number of pyridine rings is 1. The van der Waals surface area contributed by atoms with E-state index < -0.39 is 0 Å². The minimum Gasteiger partial charge on any atom is -0.245 e. The topological polar surface area (TPSA) is 36.7 Å². The normalized spacial score (nSPS) is 13.6. The molecule has 1 heterocycles. The molecule has 0 aromatic carbocycles. The Bertz CT molecular complexity index is 412. The van der Waals surface area contributed by atoms with Gasteiger partial charge in [-0.2, -0.15) is 5.26 Å². The minimum atomic E-state index is 0.592.